The highest BCUT2D eigenvalue weighted by molar-refractivity contribution is 6.30. The molecule has 2 aromatic carbocycles. The molecule has 1 heterocycles. The Morgan fingerprint density at radius 3 is 2.41 bits per heavy atom. The quantitative estimate of drug-likeness (QED) is 0.618. The molecule has 0 saturated heterocycles. The summed E-state index contributed by atoms with van der Waals surface area (Å²) in [4.78, 5) is 31.9. The molecule has 0 spiro atoms. The minimum Gasteiger partial charge on any atom is -0.326 e. The predicted molar refractivity (Wildman–Crippen MR) is 105 cm³/mol. The molecule has 0 aliphatic heterocycles. The van der Waals surface area contributed by atoms with Gasteiger partial charge in [0.05, 0.1) is 0 Å². The molecule has 0 atom stereocenters. The van der Waals surface area contributed by atoms with Gasteiger partial charge < -0.3 is 16.0 Å². The van der Waals surface area contributed by atoms with Crippen LogP contribution in [0.2, 0.25) is 5.02 Å². The van der Waals surface area contributed by atoms with Gasteiger partial charge in [0.2, 0.25) is 11.9 Å². The number of amides is 2. The molecular formula is C19H16ClN5O2. The Morgan fingerprint density at radius 1 is 0.926 bits per heavy atom. The number of anilines is 4. The molecule has 7 nitrogen and oxygen atoms in total. The van der Waals surface area contributed by atoms with Crippen LogP contribution >= 0.6 is 11.6 Å². The van der Waals surface area contributed by atoms with Crippen molar-refractivity contribution in [1.82, 2.24) is 9.97 Å². The zero-order valence-corrected chi connectivity index (χ0v) is 15.1. The van der Waals surface area contributed by atoms with Gasteiger partial charge in [-0.3, -0.25) is 9.59 Å². The molecule has 8 heteroatoms. The van der Waals surface area contributed by atoms with Crippen molar-refractivity contribution >= 4 is 46.4 Å². The zero-order valence-electron chi connectivity index (χ0n) is 14.4. The number of nitrogens with zero attached hydrogens (tertiary/aromatic N) is 2. The topological polar surface area (TPSA) is 96.0 Å². The summed E-state index contributed by atoms with van der Waals surface area (Å²) in [6.45, 7) is 1.44. The smallest absolute Gasteiger partial charge is 0.274 e. The third-order valence-corrected chi connectivity index (χ3v) is 3.68. The summed E-state index contributed by atoms with van der Waals surface area (Å²) in [6, 6.07) is 15.4. The van der Waals surface area contributed by atoms with Crippen LogP contribution in [-0.2, 0) is 4.79 Å². The van der Waals surface area contributed by atoms with Crippen LogP contribution in [0.4, 0.5) is 23.0 Å². The van der Waals surface area contributed by atoms with Crippen molar-refractivity contribution in [2.24, 2.45) is 0 Å². The molecule has 136 valence electrons. The van der Waals surface area contributed by atoms with Crippen LogP contribution in [0.3, 0.4) is 0 Å². The fraction of sp³-hybridized carbons (Fsp3) is 0.0526. The molecule has 3 rings (SSSR count). The van der Waals surface area contributed by atoms with E-state index in [1.165, 1.54) is 19.2 Å². The maximum atomic E-state index is 12.4. The first kappa shape index (κ1) is 18.3. The molecule has 0 saturated carbocycles. The number of halogens is 1. The molecule has 0 aliphatic carbocycles. The van der Waals surface area contributed by atoms with Crippen molar-refractivity contribution in [1.29, 1.82) is 0 Å². The number of aromatic nitrogens is 2. The molecule has 0 bridgehead atoms. The summed E-state index contributed by atoms with van der Waals surface area (Å²) in [7, 11) is 0. The van der Waals surface area contributed by atoms with Gasteiger partial charge in [-0.2, -0.15) is 0 Å². The summed E-state index contributed by atoms with van der Waals surface area (Å²) in [6.07, 6.45) is 1.49. The van der Waals surface area contributed by atoms with Gasteiger partial charge in [-0.05, 0) is 48.5 Å². The number of nitrogens with one attached hydrogen (secondary N) is 3. The minimum atomic E-state index is -0.366. The van der Waals surface area contributed by atoms with Crippen molar-refractivity contribution in [3.05, 3.63) is 71.5 Å². The summed E-state index contributed by atoms with van der Waals surface area (Å²) in [5.41, 5.74) is 2.14. The average Bonchev–Trinajstić information content (AvgIpc) is 2.63. The second-order valence-corrected chi connectivity index (χ2v) is 6.05. The van der Waals surface area contributed by atoms with E-state index in [0.29, 0.717) is 22.1 Å². The molecule has 0 radical (unpaired) electrons. The Hall–Kier alpha value is -3.45. The van der Waals surface area contributed by atoms with Crippen LogP contribution in [-0.4, -0.2) is 21.8 Å². The van der Waals surface area contributed by atoms with Gasteiger partial charge in [0.1, 0.15) is 5.69 Å². The fourth-order valence-corrected chi connectivity index (χ4v) is 2.41. The van der Waals surface area contributed by atoms with Gasteiger partial charge >= 0.3 is 0 Å². The molecule has 0 fully saturated rings. The van der Waals surface area contributed by atoms with Crippen LogP contribution in [0.1, 0.15) is 17.4 Å². The number of carbonyl (C=O) groups is 2. The third-order valence-electron chi connectivity index (χ3n) is 3.43. The summed E-state index contributed by atoms with van der Waals surface area (Å²) >= 11 is 5.84. The van der Waals surface area contributed by atoms with E-state index in [9.17, 15) is 9.59 Å². The fourth-order valence-electron chi connectivity index (χ4n) is 2.28. The molecule has 1 aromatic heterocycles. The Labute approximate surface area is 160 Å². The van der Waals surface area contributed by atoms with Crippen LogP contribution in [0.15, 0.2) is 60.8 Å². The second-order valence-electron chi connectivity index (χ2n) is 5.61. The predicted octanol–water partition coefficient (Wildman–Crippen LogP) is 4.08. The summed E-state index contributed by atoms with van der Waals surface area (Å²) < 4.78 is 0. The monoisotopic (exact) mass is 381 g/mol. The lowest BCUT2D eigenvalue weighted by Gasteiger charge is -2.09. The van der Waals surface area contributed by atoms with E-state index in [0.717, 1.165) is 0 Å². The van der Waals surface area contributed by atoms with Gasteiger partial charge in [0.25, 0.3) is 5.91 Å². The Balaban J connectivity index is 1.72. The van der Waals surface area contributed by atoms with Crippen LogP contribution < -0.4 is 16.0 Å². The van der Waals surface area contributed by atoms with Crippen molar-refractivity contribution in [2.45, 2.75) is 6.92 Å². The highest BCUT2D eigenvalue weighted by atomic mass is 35.5. The van der Waals surface area contributed by atoms with Crippen molar-refractivity contribution in [2.75, 3.05) is 16.0 Å². The summed E-state index contributed by atoms with van der Waals surface area (Å²) in [5, 5.41) is 9.04. The number of rotatable bonds is 5. The highest BCUT2D eigenvalue weighted by Crippen LogP contribution is 2.18. The van der Waals surface area contributed by atoms with E-state index >= 15 is 0 Å². The Morgan fingerprint density at radius 2 is 1.67 bits per heavy atom. The zero-order chi connectivity index (χ0) is 19.2. The third kappa shape index (κ3) is 5.26. The molecule has 0 aliphatic rings. The van der Waals surface area contributed by atoms with E-state index in [4.69, 9.17) is 11.6 Å². The molecule has 2 amide bonds. The van der Waals surface area contributed by atoms with Gasteiger partial charge in [-0.25, -0.2) is 9.97 Å². The number of carbonyl (C=O) groups excluding carboxylic acids is 2. The first-order valence-electron chi connectivity index (χ1n) is 8.04. The Bertz CT molecular complexity index is 976. The minimum absolute atomic E-state index is 0.163. The lowest BCUT2D eigenvalue weighted by molar-refractivity contribution is -0.114. The number of hydrogen-bond acceptors (Lipinski definition) is 5. The first-order valence-corrected chi connectivity index (χ1v) is 8.42. The van der Waals surface area contributed by atoms with E-state index in [1.54, 1.807) is 48.5 Å². The molecule has 27 heavy (non-hydrogen) atoms. The van der Waals surface area contributed by atoms with Crippen LogP contribution in [0, 0.1) is 0 Å². The largest absolute Gasteiger partial charge is 0.326 e. The number of hydrogen-bond donors (Lipinski definition) is 3. The maximum Gasteiger partial charge on any atom is 0.274 e. The summed E-state index contributed by atoms with van der Waals surface area (Å²) in [5.74, 6) is -0.266. The molecule has 0 unspecified atom stereocenters. The average molecular weight is 382 g/mol. The van der Waals surface area contributed by atoms with Gasteiger partial charge in [0, 0.05) is 35.2 Å². The lowest BCUT2D eigenvalue weighted by atomic mass is 10.2. The second kappa shape index (κ2) is 8.29. The van der Waals surface area contributed by atoms with Gasteiger partial charge in [-0.1, -0.05) is 17.7 Å². The van der Waals surface area contributed by atoms with E-state index in [1.807, 2.05) is 0 Å². The van der Waals surface area contributed by atoms with Crippen LogP contribution in [0.5, 0.6) is 0 Å². The van der Waals surface area contributed by atoms with Crippen LogP contribution in [0.25, 0.3) is 0 Å². The van der Waals surface area contributed by atoms with E-state index < -0.39 is 0 Å². The van der Waals surface area contributed by atoms with Gasteiger partial charge in [0.15, 0.2) is 0 Å². The first-order chi connectivity index (χ1) is 13.0. The maximum absolute atomic E-state index is 12.4. The highest BCUT2D eigenvalue weighted by Gasteiger charge is 2.10. The lowest BCUT2D eigenvalue weighted by Crippen LogP contribution is -2.14. The number of benzene rings is 2. The molecular weight excluding hydrogens is 366 g/mol. The van der Waals surface area contributed by atoms with Crippen molar-refractivity contribution in [3.63, 3.8) is 0 Å². The van der Waals surface area contributed by atoms with E-state index in [2.05, 4.69) is 25.9 Å². The van der Waals surface area contributed by atoms with Crippen molar-refractivity contribution in [3.8, 4) is 0 Å². The molecule has 3 aromatic rings. The van der Waals surface area contributed by atoms with Gasteiger partial charge in [-0.15, -0.1) is 0 Å². The van der Waals surface area contributed by atoms with Crippen molar-refractivity contribution < 1.29 is 9.59 Å². The SMILES string of the molecule is CC(=O)Nc1cccc(Nc2nccc(C(=O)Nc3ccc(Cl)cc3)n2)c1. The Kier molecular flexibility index (Phi) is 5.63. The standard InChI is InChI=1S/C19H16ClN5O2/c1-12(26)22-15-3-2-4-16(11-15)24-19-21-10-9-17(25-19)18(27)23-14-7-5-13(20)6-8-14/h2-11H,1H3,(H,22,26)(H,23,27)(H,21,24,25). The van der Waals surface area contributed by atoms with E-state index in [-0.39, 0.29) is 23.5 Å². The normalized spacial score (nSPS) is 10.1. The molecule has 3 N–H and O–H groups in total.